The molecule has 0 N–H and O–H groups in total. The summed E-state index contributed by atoms with van der Waals surface area (Å²) < 4.78 is 8.75. The van der Waals surface area contributed by atoms with Gasteiger partial charge in [0.25, 0.3) is 0 Å². The van der Waals surface area contributed by atoms with Crippen LogP contribution in [0.25, 0.3) is 61.2 Å². The molecule has 2 heterocycles. The van der Waals surface area contributed by atoms with Crippen molar-refractivity contribution in [3.05, 3.63) is 121 Å². The van der Waals surface area contributed by atoms with Crippen LogP contribution in [-0.4, -0.2) is 9.55 Å². The van der Waals surface area contributed by atoms with Crippen molar-refractivity contribution in [2.24, 2.45) is 0 Å². The predicted molar refractivity (Wildman–Crippen MR) is 158 cm³/mol. The zero-order chi connectivity index (χ0) is 25.9. The summed E-state index contributed by atoms with van der Waals surface area (Å²) in [5, 5.41) is 2.22. The number of imidazole rings is 1. The van der Waals surface area contributed by atoms with Gasteiger partial charge in [0.1, 0.15) is 17.0 Å². The lowest BCUT2D eigenvalue weighted by Crippen LogP contribution is -2.12. The fourth-order valence-corrected chi connectivity index (χ4v) is 5.42. The largest absolute Gasteiger partial charge is 0.455 e. The maximum absolute atomic E-state index is 6.45. The van der Waals surface area contributed by atoms with Crippen molar-refractivity contribution in [3.8, 4) is 28.2 Å². The minimum atomic E-state index is 0.0295. The Morgan fingerprint density at radius 2 is 1.39 bits per heavy atom. The average molecular weight is 493 g/mol. The summed E-state index contributed by atoms with van der Waals surface area (Å²) >= 11 is 0. The average Bonchev–Trinajstić information content (AvgIpc) is 3.51. The molecule has 3 heteroatoms. The maximum Gasteiger partial charge on any atom is 0.149 e. The number of para-hydroxylation sites is 4. The number of fused-ring (bicyclic) bond motifs is 4. The Labute approximate surface area is 222 Å². The fraction of sp³-hybridized carbons (Fsp3) is 0.114. The maximum atomic E-state index is 6.45. The lowest BCUT2D eigenvalue weighted by Gasteiger charge is -2.23. The Bertz CT molecular complexity index is 1950. The van der Waals surface area contributed by atoms with Crippen LogP contribution in [0.1, 0.15) is 26.3 Å². The zero-order valence-electron chi connectivity index (χ0n) is 21.8. The van der Waals surface area contributed by atoms with Gasteiger partial charge in [-0.25, -0.2) is 4.98 Å². The third-order valence-electron chi connectivity index (χ3n) is 7.39. The number of rotatable bonds is 3. The van der Waals surface area contributed by atoms with Crippen LogP contribution in [0.4, 0.5) is 0 Å². The Morgan fingerprint density at radius 1 is 0.658 bits per heavy atom. The molecule has 0 unspecified atom stereocenters. The van der Waals surface area contributed by atoms with E-state index >= 15 is 0 Å². The van der Waals surface area contributed by atoms with Crippen LogP contribution in [0.3, 0.4) is 0 Å². The van der Waals surface area contributed by atoms with Gasteiger partial charge < -0.3 is 4.42 Å². The molecular weight excluding hydrogens is 464 g/mol. The smallest absolute Gasteiger partial charge is 0.149 e. The Morgan fingerprint density at radius 3 is 2.24 bits per heavy atom. The quantitative estimate of drug-likeness (QED) is 0.246. The molecule has 0 fully saturated rings. The van der Waals surface area contributed by atoms with Crippen LogP contribution in [0.15, 0.2) is 120 Å². The van der Waals surface area contributed by atoms with Gasteiger partial charge in [-0.05, 0) is 52.9 Å². The number of benzene rings is 5. The van der Waals surface area contributed by atoms with Gasteiger partial charge in [-0.2, -0.15) is 0 Å². The van der Waals surface area contributed by atoms with Crippen molar-refractivity contribution >= 4 is 33.0 Å². The highest BCUT2D eigenvalue weighted by molar-refractivity contribution is 6.09. The van der Waals surface area contributed by atoms with Gasteiger partial charge in [0, 0.05) is 16.3 Å². The van der Waals surface area contributed by atoms with Crippen LogP contribution >= 0.6 is 0 Å². The lowest BCUT2D eigenvalue weighted by molar-refractivity contribution is 0.590. The minimum Gasteiger partial charge on any atom is -0.455 e. The lowest BCUT2D eigenvalue weighted by atomic mass is 9.85. The van der Waals surface area contributed by atoms with Crippen molar-refractivity contribution in [3.63, 3.8) is 0 Å². The number of aromatic nitrogens is 2. The molecule has 2 aromatic heterocycles. The molecule has 0 aliphatic rings. The van der Waals surface area contributed by atoms with Crippen LogP contribution in [0.5, 0.6) is 0 Å². The van der Waals surface area contributed by atoms with E-state index in [1.807, 2.05) is 18.2 Å². The van der Waals surface area contributed by atoms with E-state index in [9.17, 15) is 0 Å². The van der Waals surface area contributed by atoms with Crippen LogP contribution in [0.2, 0.25) is 0 Å². The molecule has 0 saturated heterocycles. The van der Waals surface area contributed by atoms with Crippen molar-refractivity contribution < 1.29 is 4.42 Å². The Balaban J connectivity index is 1.58. The summed E-state index contributed by atoms with van der Waals surface area (Å²) in [6, 6.07) is 40.4. The van der Waals surface area contributed by atoms with E-state index in [2.05, 4.69) is 122 Å². The molecule has 0 atom stereocenters. The van der Waals surface area contributed by atoms with Crippen molar-refractivity contribution in [2.75, 3.05) is 0 Å². The molecule has 0 spiro atoms. The summed E-state index contributed by atoms with van der Waals surface area (Å²) in [6.07, 6.45) is 0. The van der Waals surface area contributed by atoms with E-state index in [1.54, 1.807) is 0 Å². The van der Waals surface area contributed by atoms with E-state index < -0.39 is 0 Å². The predicted octanol–water partition coefficient (Wildman–Crippen LogP) is 9.56. The molecule has 184 valence electrons. The minimum absolute atomic E-state index is 0.0295. The molecule has 0 saturated carbocycles. The summed E-state index contributed by atoms with van der Waals surface area (Å²) in [7, 11) is 0. The number of hydrogen-bond donors (Lipinski definition) is 0. The van der Waals surface area contributed by atoms with E-state index in [0.29, 0.717) is 0 Å². The number of furan rings is 1. The van der Waals surface area contributed by atoms with E-state index in [0.717, 1.165) is 50.0 Å². The van der Waals surface area contributed by atoms with Gasteiger partial charge in [0.05, 0.1) is 22.3 Å². The molecular formula is C35H28N2O. The molecule has 0 aliphatic heterocycles. The number of hydrogen-bond acceptors (Lipinski definition) is 2. The van der Waals surface area contributed by atoms with Gasteiger partial charge in [-0.1, -0.05) is 99.6 Å². The van der Waals surface area contributed by atoms with Crippen LogP contribution < -0.4 is 0 Å². The molecule has 3 nitrogen and oxygen atoms in total. The molecule has 7 aromatic rings. The Hall–Kier alpha value is -4.63. The monoisotopic (exact) mass is 492 g/mol. The van der Waals surface area contributed by atoms with Gasteiger partial charge in [0.2, 0.25) is 0 Å². The second kappa shape index (κ2) is 8.46. The topological polar surface area (TPSA) is 31.0 Å². The summed E-state index contributed by atoms with van der Waals surface area (Å²) in [6.45, 7) is 6.78. The summed E-state index contributed by atoms with van der Waals surface area (Å²) in [4.78, 5) is 5.19. The van der Waals surface area contributed by atoms with Crippen molar-refractivity contribution in [1.82, 2.24) is 9.55 Å². The highest BCUT2D eigenvalue weighted by atomic mass is 16.3. The van der Waals surface area contributed by atoms with E-state index in [-0.39, 0.29) is 5.41 Å². The number of nitrogens with zero attached hydrogens (tertiary/aromatic N) is 2. The first-order valence-corrected chi connectivity index (χ1v) is 13.1. The van der Waals surface area contributed by atoms with E-state index in [4.69, 9.17) is 9.40 Å². The van der Waals surface area contributed by atoms with Gasteiger partial charge in [-0.3, -0.25) is 4.57 Å². The van der Waals surface area contributed by atoms with Crippen LogP contribution in [0, 0.1) is 0 Å². The third-order valence-corrected chi connectivity index (χ3v) is 7.39. The highest BCUT2D eigenvalue weighted by Gasteiger charge is 2.23. The molecule has 0 aliphatic carbocycles. The van der Waals surface area contributed by atoms with Crippen molar-refractivity contribution in [1.29, 1.82) is 0 Å². The van der Waals surface area contributed by atoms with E-state index in [1.165, 1.54) is 16.7 Å². The third kappa shape index (κ3) is 3.54. The molecule has 0 radical (unpaired) electrons. The summed E-state index contributed by atoms with van der Waals surface area (Å²) in [5.41, 5.74) is 9.53. The standard InChI is InChI=1S/C35H28N2O/c1-35(2,3)24-20-21-30(28(22-24)23-12-5-4-6-13-23)37-31-18-9-8-17-29(31)36-34(37)27-16-11-15-26-25-14-7-10-19-32(25)38-33(26)27/h4-22H,1-3H3. The molecule has 38 heavy (non-hydrogen) atoms. The molecule has 0 amide bonds. The zero-order valence-corrected chi connectivity index (χ0v) is 21.8. The van der Waals surface area contributed by atoms with Gasteiger partial charge >= 0.3 is 0 Å². The first kappa shape index (κ1) is 22.6. The molecule has 7 rings (SSSR count). The molecule has 0 bridgehead atoms. The Kier molecular flexibility index (Phi) is 5.02. The normalized spacial score (nSPS) is 12.1. The second-order valence-electron chi connectivity index (χ2n) is 10.9. The molecule has 5 aromatic carbocycles. The highest BCUT2D eigenvalue weighted by Crippen LogP contribution is 2.40. The van der Waals surface area contributed by atoms with Crippen LogP contribution in [-0.2, 0) is 5.41 Å². The SMILES string of the molecule is CC(C)(C)c1ccc(-n2c(-c3cccc4c3oc3ccccc34)nc3ccccc32)c(-c2ccccc2)c1. The van der Waals surface area contributed by atoms with Gasteiger partial charge in [0.15, 0.2) is 0 Å². The summed E-state index contributed by atoms with van der Waals surface area (Å²) in [5.74, 6) is 0.872. The second-order valence-corrected chi connectivity index (χ2v) is 10.9. The fourth-order valence-electron chi connectivity index (χ4n) is 5.42. The van der Waals surface area contributed by atoms with Gasteiger partial charge in [-0.15, -0.1) is 0 Å². The van der Waals surface area contributed by atoms with Crippen molar-refractivity contribution in [2.45, 2.75) is 26.2 Å². The first-order chi connectivity index (χ1) is 18.5. The first-order valence-electron chi connectivity index (χ1n) is 13.1.